The first kappa shape index (κ1) is 11.8. The fourth-order valence-electron chi connectivity index (χ4n) is 2.12. The Morgan fingerprint density at radius 3 is 2.82 bits per heavy atom. The molecule has 1 aliphatic rings. The van der Waals surface area contributed by atoms with Gasteiger partial charge in [0.05, 0.1) is 16.9 Å². The Balaban J connectivity index is 2.24. The molecule has 1 fully saturated rings. The van der Waals surface area contributed by atoms with Gasteiger partial charge >= 0.3 is 0 Å². The molecule has 1 aliphatic carbocycles. The minimum atomic E-state index is 0.583. The average molecular weight is 229 g/mol. The van der Waals surface area contributed by atoms with Gasteiger partial charge in [-0.2, -0.15) is 5.26 Å². The molecule has 0 bridgehead atoms. The summed E-state index contributed by atoms with van der Waals surface area (Å²) in [4.78, 5) is 2.33. The highest BCUT2D eigenvalue weighted by Gasteiger charge is 2.25. The molecule has 3 heteroatoms. The summed E-state index contributed by atoms with van der Waals surface area (Å²) < 4.78 is 0. The summed E-state index contributed by atoms with van der Waals surface area (Å²) in [6, 6.07) is 7.87. The molecule has 90 valence electrons. The highest BCUT2D eigenvalue weighted by atomic mass is 15.1. The van der Waals surface area contributed by atoms with E-state index >= 15 is 0 Å². The van der Waals surface area contributed by atoms with Crippen LogP contribution in [0.4, 0.5) is 11.4 Å². The van der Waals surface area contributed by atoms with Gasteiger partial charge in [-0.05, 0) is 37.3 Å². The van der Waals surface area contributed by atoms with Crippen molar-refractivity contribution in [1.82, 2.24) is 0 Å². The van der Waals surface area contributed by atoms with Gasteiger partial charge in [0.25, 0.3) is 0 Å². The molecule has 17 heavy (non-hydrogen) atoms. The van der Waals surface area contributed by atoms with E-state index in [-0.39, 0.29) is 0 Å². The summed E-state index contributed by atoms with van der Waals surface area (Å²) in [5.74, 6) is 0.826. The molecule has 0 unspecified atom stereocenters. The first-order chi connectivity index (χ1) is 8.26. The van der Waals surface area contributed by atoms with Crippen molar-refractivity contribution < 1.29 is 0 Å². The maximum absolute atomic E-state index is 9.00. The molecule has 0 heterocycles. The maximum atomic E-state index is 9.00. The summed E-state index contributed by atoms with van der Waals surface area (Å²) in [6.07, 6.45) is 3.76. The fourth-order valence-corrected chi connectivity index (χ4v) is 2.12. The van der Waals surface area contributed by atoms with Crippen molar-refractivity contribution in [3.63, 3.8) is 0 Å². The van der Waals surface area contributed by atoms with Crippen LogP contribution in [0.5, 0.6) is 0 Å². The van der Waals surface area contributed by atoms with E-state index < -0.39 is 0 Å². The molecule has 0 atom stereocenters. The van der Waals surface area contributed by atoms with E-state index in [1.54, 1.807) is 6.07 Å². The molecular weight excluding hydrogens is 210 g/mol. The predicted octanol–water partition coefficient (Wildman–Crippen LogP) is 2.77. The van der Waals surface area contributed by atoms with Crippen LogP contribution in [-0.2, 0) is 0 Å². The lowest BCUT2D eigenvalue weighted by Crippen LogP contribution is -2.27. The SMILES string of the molecule is CCCN(CC1CC1)c1cccc(C#N)c1N. The second kappa shape index (κ2) is 5.09. The smallest absolute Gasteiger partial charge is 0.101 e. The van der Waals surface area contributed by atoms with E-state index in [4.69, 9.17) is 11.0 Å². The van der Waals surface area contributed by atoms with Crippen LogP contribution < -0.4 is 10.6 Å². The number of anilines is 2. The van der Waals surface area contributed by atoms with E-state index in [1.807, 2.05) is 12.1 Å². The number of nitrogens with zero attached hydrogens (tertiary/aromatic N) is 2. The van der Waals surface area contributed by atoms with Crippen molar-refractivity contribution in [2.45, 2.75) is 26.2 Å². The summed E-state index contributed by atoms with van der Waals surface area (Å²) in [5, 5.41) is 9.00. The molecule has 3 nitrogen and oxygen atoms in total. The number of nitrogens with two attached hydrogens (primary N) is 1. The standard InChI is InChI=1S/C14H19N3/c1-2-8-17(10-11-6-7-11)13-5-3-4-12(9-15)14(13)16/h3-5,11H,2,6-8,10,16H2,1H3. The van der Waals surface area contributed by atoms with Gasteiger partial charge in [-0.15, -0.1) is 0 Å². The number of hydrogen-bond donors (Lipinski definition) is 1. The Labute approximate surface area is 103 Å². The second-order valence-corrected chi connectivity index (χ2v) is 4.74. The molecule has 0 aliphatic heterocycles. The largest absolute Gasteiger partial charge is 0.396 e. The van der Waals surface area contributed by atoms with Crippen molar-refractivity contribution in [2.75, 3.05) is 23.7 Å². The second-order valence-electron chi connectivity index (χ2n) is 4.74. The number of rotatable bonds is 5. The van der Waals surface area contributed by atoms with Crippen LogP contribution in [0.1, 0.15) is 31.7 Å². The van der Waals surface area contributed by atoms with Crippen LogP contribution in [-0.4, -0.2) is 13.1 Å². The molecule has 0 saturated heterocycles. The molecule has 0 amide bonds. The first-order valence-electron chi connectivity index (χ1n) is 6.29. The van der Waals surface area contributed by atoms with E-state index in [2.05, 4.69) is 17.9 Å². The van der Waals surface area contributed by atoms with Gasteiger partial charge in [0.15, 0.2) is 0 Å². The minimum absolute atomic E-state index is 0.583. The maximum Gasteiger partial charge on any atom is 0.101 e. The van der Waals surface area contributed by atoms with Crippen LogP contribution >= 0.6 is 0 Å². The Kier molecular flexibility index (Phi) is 3.53. The van der Waals surface area contributed by atoms with Crippen LogP contribution in [0.3, 0.4) is 0 Å². The lowest BCUT2D eigenvalue weighted by Gasteiger charge is -2.26. The molecule has 0 radical (unpaired) electrons. The van der Waals surface area contributed by atoms with Crippen molar-refractivity contribution in [3.8, 4) is 6.07 Å². The van der Waals surface area contributed by atoms with Crippen LogP contribution in [0.15, 0.2) is 18.2 Å². The lowest BCUT2D eigenvalue weighted by molar-refractivity contribution is 0.709. The zero-order chi connectivity index (χ0) is 12.3. The summed E-state index contributed by atoms with van der Waals surface area (Å²) in [7, 11) is 0. The summed E-state index contributed by atoms with van der Waals surface area (Å²) in [5.41, 5.74) is 8.29. The third-order valence-corrected chi connectivity index (χ3v) is 3.21. The van der Waals surface area contributed by atoms with Crippen LogP contribution in [0.25, 0.3) is 0 Å². The van der Waals surface area contributed by atoms with E-state index in [0.717, 1.165) is 31.1 Å². The van der Waals surface area contributed by atoms with Crippen LogP contribution in [0, 0.1) is 17.2 Å². The van der Waals surface area contributed by atoms with Crippen molar-refractivity contribution in [2.24, 2.45) is 5.92 Å². The van der Waals surface area contributed by atoms with Gasteiger partial charge in [0, 0.05) is 13.1 Å². The van der Waals surface area contributed by atoms with E-state index in [9.17, 15) is 0 Å². The number of nitriles is 1. The van der Waals surface area contributed by atoms with Gasteiger partial charge in [0.2, 0.25) is 0 Å². The normalized spacial score (nSPS) is 14.4. The van der Waals surface area contributed by atoms with Gasteiger partial charge in [-0.25, -0.2) is 0 Å². The molecule has 2 N–H and O–H groups in total. The van der Waals surface area contributed by atoms with Crippen LogP contribution in [0.2, 0.25) is 0 Å². The third kappa shape index (κ3) is 2.71. The van der Waals surface area contributed by atoms with E-state index in [1.165, 1.54) is 12.8 Å². The van der Waals surface area contributed by atoms with Crippen molar-refractivity contribution in [3.05, 3.63) is 23.8 Å². The number of hydrogen-bond acceptors (Lipinski definition) is 3. The Bertz CT molecular complexity index is 430. The number of para-hydroxylation sites is 1. The Morgan fingerprint density at radius 1 is 1.47 bits per heavy atom. The average Bonchev–Trinajstić information content (AvgIpc) is 3.13. The third-order valence-electron chi connectivity index (χ3n) is 3.21. The summed E-state index contributed by atoms with van der Waals surface area (Å²) in [6.45, 7) is 4.26. The molecule has 1 saturated carbocycles. The Morgan fingerprint density at radius 2 is 2.24 bits per heavy atom. The molecular formula is C14H19N3. The minimum Gasteiger partial charge on any atom is -0.396 e. The number of nitrogen functional groups attached to an aromatic ring is 1. The highest BCUT2D eigenvalue weighted by molar-refractivity contribution is 5.74. The Hall–Kier alpha value is -1.69. The monoisotopic (exact) mass is 229 g/mol. The summed E-state index contributed by atoms with van der Waals surface area (Å²) >= 11 is 0. The zero-order valence-corrected chi connectivity index (χ0v) is 10.3. The fraction of sp³-hybridized carbons (Fsp3) is 0.500. The van der Waals surface area contributed by atoms with Gasteiger partial charge in [-0.3, -0.25) is 0 Å². The molecule has 0 aromatic heterocycles. The van der Waals surface area contributed by atoms with Crippen molar-refractivity contribution >= 4 is 11.4 Å². The number of benzene rings is 1. The molecule has 2 rings (SSSR count). The predicted molar refractivity (Wildman–Crippen MR) is 70.8 cm³/mol. The van der Waals surface area contributed by atoms with Gasteiger partial charge < -0.3 is 10.6 Å². The zero-order valence-electron chi connectivity index (χ0n) is 10.3. The first-order valence-corrected chi connectivity index (χ1v) is 6.29. The highest BCUT2D eigenvalue weighted by Crippen LogP contribution is 2.34. The molecule has 1 aromatic rings. The van der Waals surface area contributed by atoms with E-state index in [0.29, 0.717) is 11.3 Å². The van der Waals surface area contributed by atoms with Crippen molar-refractivity contribution in [1.29, 1.82) is 5.26 Å². The molecule has 0 spiro atoms. The molecule has 1 aromatic carbocycles. The van der Waals surface area contributed by atoms with Gasteiger partial charge in [-0.1, -0.05) is 13.0 Å². The quantitative estimate of drug-likeness (QED) is 0.790. The van der Waals surface area contributed by atoms with Gasteiger partial charge in [0.1, 0.15) is 6.07 Å². The topological polar surface area (TPSA) is 53.0 Å². The lowest BCUT2D eigenvalue weighted by atomic mass is 10.1.